The molecule has 0 aliphatic heterocycles. The molecule has 0 amide bonds. The van der Waals surface area contributed by atoms with Crippen LogP contribution in [0.25, 0.3) is 11.0 Å². The van der Waals surface area contributed by atoms with E-state index in [9.17, 15) is 19.2 Å². The first kappa shape index (κ1) is 22.6. The smallest absolute Gasteiger partial charge is 0.289 e. The third kappa shape index (κ3) is 3.47. The molecule has 9 heteroatoms. The van der Waals surface area contributed by atoms with Crippen molar-refractivity contribution in [3.63, 3.8) is 0 Å². The summed E-state index contributed by atoms with van der Waals surface area (Å²) in [6.07, 6.45) is 2.55. The number of hydrogen-bond acceptors (Lipinski definition) is 7. The van der Waals surface area contributed by atoms with E-state index in [-0.39, 0.29) is 33.7 Å². The number of aryl methyl sites for hydroxylation is 2. The number of thiol groups is 2. The first-order valence-electron chi connectivity index (χ1n) is 9.95. The van der Waals surface area contributed by atoms with Crippen LogP contribution in [0.1, 0.15) is 59.0 Å². The summed E-state index contributed by atoms with van der Waals surface area (Å²) in [5.41, 5.74) is 0.624. The van der Waals surface area contributed by atoms with Crippen molar-refractivity contribution in [3.8, 4) is 0 Å². The number of Topliss-reactive ketones (excluding diaryl/α,β-unsaturated/α-hetero) is 2. The van der Waals surface area contributed by atoms with Gasteiger partial charge >= 0.3 is 5.69 Å². The lowest BCUT2D eigenvalue weighted by molar-refractivity contribution is 0.0968. The lowest BCUT2D eigenvalue weighted by atomic mass is 9.79. The summed E-state index contributed by atoms with van der Waals surface area (Å²) in [5, 5.41) is 0.0294. The van der Waals surface area contributed by atoms with Crippen molar-refractivity contribution in [1.82, 2.24) is 14.1 Å². The van der Waals surface area contributed by atoms with Crippen molar-refractivity contribution >= 4 is 47.9 Å². The molecule has 30 heavy (non-hydrogen) atoms. The third-order valence-corrected chi connectivity index (χ3v) is 6.17. The zero-order chi connectivity index (χ0) is 22.2. The first-order chi connectivity index (χ1) is 14.3. The zero-order valence-corrected chi connectivity index (χ0v) is 19.1. The van der Waals surface area contributed by atoms with E-state index in [0.29, 0.717) is 60.4 Å². The van der Waals surface area contributed by atoms with Crippen LogP contribution in [-0.4, -0.2) is 37.2 Å². The van der Waals surface area contributed by atoms with Crippen LogP contribution in [0, 0.1) is 0 Å². The molecule has 1 aliphatic rings. The molecule has 0 saturated carbocycles. The summed E-state index contributed by atoms with van der Waals surface area (Å²) < 4.78 is 2.20. The Kier molecular flexibility index (Phi) is 6.71. The van der Waals surface area contributed by atoms with E-state index < -0.39 is 11.2 Å². The minimum Gasteiger partial charge on any atom is -0.289 e. The fourth-order valence-corrected chi connectivity index (χ4v) is 4.30. The molecule has 0 bridgehead atoms. The summed E-state index contributed by atoms with van der Waals surface area (Å²) in [5.74, 6) is 0.600. The molecule has 160 valence electrons. The first-order valence-corrected chi connectivity index (χ1v) is 11.2. The van der Waals surface area contributed by atoms with Gasteiger partial charge in [-0.2, -0.15) is 25.3 Å². The highest BCUT2D eigenvalue weighted by molar-refractivity contribution is 7.80. The molecule has 2 aromatic heterocycles. The Hall–Kier alpha value is -2.13. The number of pyridine rings is 1. The van der Waals surface area contributed by atoms with Gasteiger partial charge in [0.25, 0.3) is 5.56 Å². The second-order valence-corrected chi connectivity index (χ2v) is 8.23. The highest BCUT2D eigenvalue weighted by atomic mass is 32.1. The van der Waals surface area contributed by atoms with Crippen molar-refractivity contribution in [2.75, 3.05) is 11.5 Å². The summed E-state index contributed by atoms with van der Waals surface area (Å²) in [6.45, 7) is 1.83. The van der Waals surface area contributed by atoms with Crippen LogP contribution in [0.2, 0.25) is 0 Å². The quantitative estimate of drug-likeness (QED) is 0.636. The molecule has 0 aromatic carbocycles. The number of carbonyl (C=O) groups excluding carboxylic acids is 2. The predicted octanol–water partition coefficient (Wildman–Crippen LogP) is 2.29. The maximum absolute atomic E-state index is 13.7. The number of rotatable bonds is 7. The molecule has 0 unspecified atom stereocenters. The summed E-state index contributed by atoms with van der Waals surface area (Å²) in [7, 11) is 2.86. The van der Waals surface area contributed by atoms with E-state index in [4.69, 9.17) is 0 Å². The molecular weight excluding hydrogens is 422 g/mol. The summed E-state index contributed by atoms with van der Waals surface area (Å²) in [6, 6.07) is 0. The van der Waals surface area contributed by atoms with Crippen molar-refractivity contribution < 1.29 is 9.59 Å². The van der Waals surface area contributed by atoms with Crippen molar-refractivity contribution in [2.24, 2.45) is 14.1 Å². The van der Waals surface area contributed by atoms with Crippen LogP contribution in [0.5, 0.6) is 0 Å². The van der Waals surface area contributed by atoms with E-state index in [1.54, 1.807) is 0 Å². The Labute approximate surface area is 185 Å². The number of allylic oxidation sites excluding steroid dienone is 2. The Morgan fingerprint density at radius 2 is 1.37 bits per heavy atom. The molecule has 0 radical (unpaired) electrons. The largest absolute Gasteiger partial charge is 0.332 e. The van der Waals surface area contributed by atoms with E-state index in [2.05, 4.69) is 30.2 Å². The van der Waals surface area contributed by atoms with Crippen LogP contribution in [-0.2, 0) is 20.5 Å². The van der Waals surface area contributed by atoms with Gasteiger partial charge in [0.1, 0.15) is 5.65 Å². The second-order valence-electron chi connectivity index (χ2n) is 7.34. The number of hydrogen-bond donors (Lipinski definition) is 2. The number of aromatic nitrogens is 3. The molecule has 3 rings (SSSR count). The molecule has 0 saturated heterocycles. The fraction of sp³-hybridized carbons (Fsp3) is 0.476. The van der Waals surface area contributed by atoms with Crippen molar-refractivity contribution in [1.29, 1.82) is 0 Å². The Balaban J connectivity index is 2.46. The van der Waals surface area contributed by atoms with E-state index in [1.165, 1.54) is 18.7 Å². The van der Waals surface area contributed by atoms with Crippen LogP contribution >= 0.6 is 25.3 Å². The van der Waals surface area contributed by atoms with Gasteiger partial charge in [0.15, 0.2) is 11.6 Å². The highest BCUT2D eigenvalue weighted by Gasteiger charge is 2.36. The number of carbonyl (C=O) groups is 2. The molecule has 7 nitrogen and oxygen atoms in total. The number of fused-ring (bicyclic) bond motifs is 3. The zero-order valence-electron chi connectivity index (χ0n) is 17.3. The van der Waals surface area contributed by atoms with E-state index in [0.717, 1.165) is 4.57 Å². The minimum atomic E-state index is -0.618. The Morgan fingerprint density at radius 3 is 1.87 bits per heavy atom. The molecule has 0 fully saturated rings. The topological polar surface area (TPSA) is 91.0 Å². The number of nitrogens with zero attached hydrogens (tertiary/aromatic N) is 3. The van der Waals surface area contributed by atoms with Gasteiger partial charge in [-0.25, -0.2) is 9.78 Å². The van der Waals surface area contributed by atoms with Crippen LogP contribution < -0.4 is 11.2 Å². The van der Waals surface area contributed by atoms with Crippen LogP contribution in [0.4, 0.5) is 0 Å². The summed E-state index contributed by atoms with van der Waals surface area (Å²) in [4.78, 5) is 57.1. The standard InChI is InChI=1S/C21H25N3O4S2/c1-4-13-14-15(16-19(22-13)23(2)21(28)24(3)20(16)27)18(26)12(8-6-10-30)11(17(14)25)7-5-9-29/h29-30H,4-10H2,1-3H3. The molecule has 0 N–H and O–H groups in total. The molecule has 2 heterocycles. The van der Waals surface area contributed by atoms with Gasteiger partial charge in [0, 0.05) is 25.2 Å². The lowest BCUT2D eigenvalue weighted by Crippen LogP contribution is -2.39. The van der Waals surface area contributed by atoms with Crippen molar-refractivity contribution in [3.05, 3.63) is 48.8 Å². The van der Waals surface area contributed by atoms with Crippen LogP contribution in [0.3, 0.4) is 0 Å². The maximum Gasteiger partial charge on any atom is 0.332 e. The van der Waals surface area contributed by atoms with Gasteiger partial charge in [0.05, 0.1) is 22.2 Å². The monoisotopic (exact) mass is 447 g/mol. The van der Waals surface area contributed by atoms with Gasteiger partial charge in [0.2, 0.25) is 0 Å². The Bertz CT molecular complexity index is 1210. The van der Waals surface area contributed by atoms with E-state index >= 15 is 0 Å². The molecule has 0 atom stereocenters. The van der Waals surface area contributed by atoms with Gasteiger partial charge in [-0.1, -0.05) is 6.92 Å². The third-order valence-electron chi connectivity index (χ3n) is 5.53. The minimum absolute atomic E-state index is 0.0294. The second kappa shape index (κ2) is 8.93. The predicted molar refractivity (Wildman–Crippen MR) is 123 cm³/mol. The maximum atomic E-state index is 13.7. The highest BCUT2D eigenvalue weighted by Crippen LogP contribution is 2.35. The van der Waals surface area contributed by atoms with E-state index in [1.807, 2.05) is 6.92 Å². The average molecular weight is 448 g/mol. The summed E-state index contributed by atoms with van der Waals surface area (Å²) >= 11 is 8.48. The van der Waals surface area contributed by atoms with Crippen molar-refractivity contribution in [2.45, 2.75) is 39.0 Å². The van der Waals surface area contributed by atoms with Gasteiger partial charge < -0.3 is 0 Å². The molecular formula is C21H25N3O4S2. The van der Waals surface area contributed by atoms with Gasteiger partial charge in [-0.05, 0) is 43.6 Å². The molecule has 0 spiro atoms. The SMILES string of the molecule is CCc1nc2c(c3c1C(=O)C(CCCS)=C(CCCS)C3=O)c(=O)n(C)c(=O)n2C. The van der Waals surface area contributed by atoms with Gasteiger partial charge in [-0.15, -0.1) is 0 Å². The van der Waals surface area contributed by atoms with Crippen LogP contribution in [0.15, 0.2) is 20.7 Å². The molecule has 2 aromatic rings. The fourth-order valence-electron chi connectivity index (χ4n) is 3.98. The Morgan fingerprint density at radius 1 is 0.833 bits per heavy atom. The number of ketones is 2. The lowest BCUT2D eigenvalue weighted by Gasteiger charge is -2.24. The molecule has 1 aliphatic carbocycles. The van der Waals surface area contributed by atoms with Gasteiger partial charge in [-0.3, -0.25) is 23.5 Å². The average Bonchev–Trinajstić information content (AvgIpc) is 2.75. The normalized spacial score (nSPS) is 14.0.